The van der Waals surface area contributed by atoms with Gasteiger partial charge in [0.1, 0.15) is 0 Å². The Labute approximate surface area is 212 Å². The summed E-state index contributed by atoms with van der Waals surface area (Å²) in [5, 5.41) is 0. The molecule has 0 aliphatic carbocycles. The van der Waals surface area contributed by atoms with Crippen LogP contribution in [0.4, 0.5) is 9.59 Å². The first kappa shape index (κ1) is 32.9. The fraction of sp³-hybridized carbons (Fsp3) is 0.929. The highest BCUT2D eigenvalue weighted by atomic mass is 16.2. The molecule has 0 saturated carbocycles. The lowest BCUT2D eigenvalue weighted by atomic mass is 10.0. The van der Waals surface area contributed by atoms with Gasteiger partial charge in [0.15, 0.2) is 0 Å². The molecule has 4 amide bonds. The molecule has 2 unspecified atom stereocenters. The third kappa shape index (κ3) is 10.2. The topological polar surface area (TPSA) is 49.5 Å². The van der Waals surface area contributed by atoms with E-state index in [9.17, 15) is 9.59 Å². The van der Waals surface area contributed by atoms with E-state index in [2.05, 4.69) is 96.9 Å². The molecule has 2 atom stereocenters. The first-order valence-corrected chi connectivity index (χ1v) is 13.7. The molecule has 34 heavy (non-hydrogen) atoms. The number of nitrogens with one attached hydrogen (secondary N) is 2. The zero-order valence-electron chi connectivity index (χ0n) is 25.3. The van der Waals surface area contributed by atoms with Gasteiger partial charge in [-0.2, -0.15) is 0 Å². The maximum atomic E-state index is 13.4. The van der Waals surface area contributed by atoms with E-state index in [1.54, 1.807) is 0 Å². The van der Waals surface area contributed by atoms with Crippen molar-refractivity contribution in [1.82, 2.24) is 9.80 Å². The highest BCUT2D eigenvalue weighted by Crippen LogP contribution is 2.08. The van der Waals surface area contributed by atoms with Gasteiger partial charge in [-0.3, -0.25) is 9.80 Å². The Hall–Kier alpha value is -1.14. The Kier molecular flexibility index (Phi) is 13.4. The van der Waals surface area contributed by atoms with Gasteiger partial charge in [-0.15, -0.1) is 0 Å². The quantitative estimate of drug-likeness (QED) is 0.427. The number of carbonyl (C=O) groups is 2. The molecule has 0 aromatic heterocycles. The molecular formula is C28H60N4O2+2. The molecule has 0 aromatic carbocycles. The molecule has 0 heterocycles. The lowest BCUT2D eigenvalue weighted by molar-refractivity contribution is -0.872. The second-order valence-corrected chi connectivity index (χ2v) is 13.2. The predicted molar refractivity (Wildman–Crippen MR) is 145 cm³/mol. The number of hydrogen-bond donors (Lipinski definition) is 2. The zero-order valence-corrected chi connectivity index (χ0v) is 25.3. The van der Waals surface area contributed by atoms with Crippen LogP contribution < -0.4 is 9.80 Å². The molecule has 0 radical (unpaired) electrons. The third-order valence-electron chi connectivity index (χ3n) is 6.62. The highest BCUT2D eigenvalue weighted by molar-refractivity contribution is 5.66. The Morgan fingerprint density at radius 2 is 0.765 bits per heavy atom. The molecule has 202 valence electrons. The number of unbranched alkanes of at least 4 members (excludes halogenated alkanes) is 3. The standard InChI is InChI=1S/C28H58N4O2/c1-21(2)31(22(3)4)25(33)29(27(9,10)11)19-17-15-16-18-20-30(28(12,13)14)26(34)32(23(5)6)24(7)8/h21-24H,15-20H2,1-14H3/p+2. The maximum Gasteiger partial charge on any atom is 0.418 e. The van der Waals surface area contributed by atoms with Gasteiger partial charge in [-0.25, -0.2) is 19.4 Å². The van der Waals surface area contributed by atoms with E-state index in [0.717, 1.165) is 48.6 Å². The van der Waals surface area contributed by atoms with Crippen LogP contribution in [0.5, 0.6) is 0 Å². The minimum absolute atomic E-state index is 0.129. The molecule has 0 aliphatic heterocycles. The lowest BCUT2D eigenvalue weighted by Crippen LogP contribution is -3.22. The number of urea groups is 2. The largest absolute Gasteiger partial charge is 0.418 e. The number of quaternary nitrogens is 2. The molecule has 0 saturated heterocycles. The fourth-order valence-corrected chi connectivity index (χ4v) is 5.00. The van der Waals surface area contributed by atoms with Gasteiger partial charge in [0.25, 0.3) is 0 Å². The summed E-state index contributed by atoms with van der Waals surface area (Å²) in [5.74, 6) is 0. The van der Waals surface area contributed by atoms with Gasteiger partial charge >= 0.3 is 12.1 Å². The summed E-state index contributed by atoms with van der Waals surface area (Å²) >= 11 is 0. The second-order valence-electron chi connectivity index (χ2n) is 13.2. The Morgan fingerprint density at radius 3 is 0.941 bits per heavy atom. The van der Waals surface area contributed by atoms with E-state index in [-0.39, 0.29) is 47.3 Å². The van der Waals surface area contributed by atoms with Gasteiger partial charge in [0.2, 0.25) is 0 Å². The fourth-order valence-electron chi connectivity index (χ4n) is 5.00. The van der Waals surface area contributed by atoms with E-state index in [4.69, 9.17) is 0 Å². The summed E-state index contributed by atoms with van der Waals surface area (Å²) in [6.07, 6.45) is 4.20. The smallest absolute Gasteiger partial charge is 0.288 e. The Bertz CT molecular complexity index is 545. The monoisotopic (exact) mass is 484 g/mol. The Balaban J connectivity index is 5.02. The third-order valence-corrected chi connectivity index (χ3v) is 6.62. The summed E-state index contributed by atoms with van der Waals surface area (Å²) < 4.78 is 0. The van der Waals surface area contributed by atoms with Crippen LogP contribution >= 0.6 is 0 Å². The van der Waals surface area contributed by atoms with Crippen molar-refractivity contribution >= 4 is 12.1 Å². The first-order chi connectivity index (χ1) is 15.3. The number of rotatable bonds is 11. The summed E-state index contributed by atoms with van der Waals surface area (Å²) in [7, 11) is 0. The van der Waals surface area contributed by atoms with Gasteiger partial charge in [-0.05, 0) is 123 Å². The number of nitrogens with zero attached hydrogens (tertiary/aromatic N) is 2. The van der Waals surface area contributed by atoms with Crippen LogP contribution in [0.15, 0.2) is 0 Å². The van der Waals surface area contributed by atoms with Crippen molar-refractivity contribution in [2.24, 2.45) is 0 Å². The van der Waals surface area contributed by atoms with Crippen LogP contribution in [-0.2, 0) is 0 Å². The van der Waals surface area contributed by atoms with E-state index in [1.807, 2.05) is 9.80 Å². The van der Waals surface area contributed by atoms with E-state index < -0.39 is 0 Å². The van der Waals surface area contributed by atoms with Crippen molar-refractivity contribution < 1.29 is 19.4 Å². The molecule has 0 aliphatic rings. The number of amides is 4. The van der Waals surface area contributed by atoms with Crippen LogP contribution in [0.2, 0.25) is 0 Å². The van der Waals surface area contributed by atoms with Crippen molar-refractivity contribution in [2.75, 3.05) is 13.1 Å². The second kappa shape index (κ2) is 13.8. The summed E-state index contributed by atoms with van der Waals surface area (Å²) in [4.78, 5) is 32.9. The van der Waals surface area contributed by atoms with Gasteiger partial charge in [0, 0.05) is 24.2 Å². The number of carbonyl (C=O) groups excluding carboxylic acids is 2. The van der Waals surface area contributed by atoms with Crippen molar-refractivity contribution in [3.63, 3.8) is 0 Å². The van der Waals surface area contributed by atoms with Crippen molar-refractivity contribution in [1.29, 1.82) is 0 Å². The molecule has 6 nitrogen and oxygen atoms in total. The average Bonchev–Trinajstić information content (AvgIpc) is 2.60. The van der Waals surface area contributed by atoms with Gasteiger partial charge in [-0.1, -0.05) is 0 Å². The van der Waals surface area contributed by atoms with Crippen LogP contribution in [0.25, 0.3) is 0 Å². The lowest BCUT2D eigenvalue weighted by Gasteiger charge is -2.38. The van der Waals surface area contributed by atoms with Crippen LogP contribution in [0.3, 0.4) is 0 Å². The predicted octanol–water partition coefficient (Wildman–Crippen LogP) is 4.39. The minimum atomic E-state index is -0.129. The van der Waals surface area contributed by atoms with Crippen molar-refractivity contribution in [2.45, 2.75) is 158 Å². The molecule has 0 spiro atoms. The maximum absolute atomic E-state index is 13.4. The van der Waals surface area contributed by atoms with E-state index >= 15 is 0 Å². The van der Waals surface area contributed by atoms with Crippen molar-refractivity contribution in [3.8, 4) is 0 Å². The molecule has 0 fully saturated rings. The van der Waals surface area contributed by atoms with Gasteiger partial charge < -0.3 is 0 Å². The van der Waals surface area contributed by atoms with Gasteiger partial charge in [0.05, 0.1) is 24.2 Å². The highest BCUT2D eigenvalue weighted by Gasteiger charge is 2.38. The molecule has 2 N–H and O–H groups in total. The normalized spacial score (nSPS) is 14.8. The molecule has 6 heteroatoms. The minimum Gasteiger partial charge on any atom is -0.288 e. The average molecular weight is 485 g/mol. The zero-order chi connectivity index (χ0) is 27.0. The summed E-state index contributed by atoms with van der Waals surface area (Å²) in [5.41, 5.74) is -0.258. The number of hydrogen-bond acceptors (Lipinski definition) is 2. The Morgan fingerprint density at radius 1 is 0.529 bits per heavy atom. The molecular weight excluding hydrogens is 424 g/mol. The van der Waals surface area contributed by atoms with E-state index in [0.29, 0.717) is 0 Å². The summed E-state index contributed by atoms with van der Waals surface area (Å²) in [6.45, 7) is 31.4. The molecule has 0 rings (SSSR count). The van der Waals surface area contributed by atoms with E-state index in [1.165, 1.54) is 0 Å². The molecule has 0 aromatic rings. The van der Waals surface area contributed by atoms with Crippen LogP contribution in [0.1, 0.15) is 123 Å². The van der Waals surface area contributed by atoms with Crippen LogP contribution in [0, 0.1) is 0 Å². The van der Waals surface area contributed by atoms with Crippen molar-refractivity contribution in [3.05, 3.63) is 0 Å². The molecule has 0 bridgehead atoms. The SMILES string of the molecule is CC(C)N(C(=O)[NH+](CCCCCC[NH+](C(=O)N(C(C)C)C(C)C)C(C)(C)C)C(C)(C)C)C(C)C. The summed E-state index contributed by atoms with van der Waals surface area (Å²) in [6, 6.07) is 1.23. The first-order valence-electron chi connectivity index (χ1n) is 13.7. The van der Waals surface area contributed by atoms with Crippen LogP contribution in [-0.4, -0.2) is 70.2 Å².